The van der Waals surface area contributed by atoms with Gasteiger partial charge >= 0.3 is 7.60 Å². The van der Waals surface area contributed by atoms with E-state index >= 15 is 0 Å². The maximum absolute atomic E-state index is 11.3. The summed E-state index contributed by atoms with van der Waals surface area (Å²) in [5.41, 5.74) is 0. The van der Waals surface area contributed by atoms with E-state index in [-0.39, 0.29) is 19.8 Å². The summed E-state index contributed by atoms with van der Waals surface area (Å²) < 4.78 is 26.1. The molecule has 0 radical (unpaired) electrons. The Labute approximate surface area is 89.7 Å². The van der Waals surface area contributed by atoms with Crippen molar-refractivity contribution < 1.29 is 28.6 Å². The number of aliphatic hydroxyl groups is 2. The molecule has 0 bridgehead atoms. The van der Waals surface area contributed by atoms with Crippen molar-refractivity contribution in [2.24, 2.45) is 0 Å². The third-order valence-electron chi connectivity index (χ3n) is 1.71. The zero-order valence-electron chi connectivity index (χ0n) is 9.25. The lowest BCUT2D eigenvalue weighted by molar-refractivity contribution is -0.0691. The van der Waals surface area contributed by atoms with Crippen LogP contribution in [0.3, 0.4) is 0 Å². The molecule has 0 amide bonds. The van der Waals surface area contributed by atoms with Gasteiger partial charge < -0.3 is 24.0 Å². The first kappa shape index (κ1) is 15.0. The summed E-state index contributed by atoms with van der Waals surface area (Å²) in [4.78, 5) is 0. The third kappa shape index (κ3) is 7.00. The molecule has 0 aliphatic heterocycles. The molecule has 0 aromatic heterocycles. The monoisotopic (exact) mass is 242 g/mol. The summed E-state index contributed by atoms with van der Waals surface area (Å²) >= 11 is 0. The Morgan fingerprint density at radius 3 is 2.33 bits per heavy atom. The fraction of sp³-hybridized carbons (Fsp3) is 1.00. The smallest absolute Gasteiger partial charge is 0.327 e. The molecule has 0 rings (SSSR count). The van der Waals surface area contributed by atoms with Crippen molar-refractivity contribution in [3.63, 3.8) is 0 Å². The molecule has 0 aromatic rings. The van der Waals surface area contributed by atoms with Crippen LogP contribution in [-0.4, -0.2) is 56.0 Å². The topological polar surface area (TPSA) is 85.2 Å². The molecule has 0 heterocycles. The van der Waals surface area contributed by atoms with Gasteiger partial charge in [0.15, 0.2) is 0 Å². The lowest BCUT2D eigenvalue weighted by Crippen LogP contribution is -2.29. The van der Waals surface area contributed by atoms with Crippen molar-refractivity contribution >= 4 is 7.60 Å². The average molecular weight is 242 g/mol. The van der Waals surface area contributed by atoms with Crippen molar-refractivity contribution in [1.82, 2.24) is 0 Å². The zero-order valence-corrected chi connectivity index (χ0v) is 10.1. The summed E-state index contributed by atoms with van der Waals surface area (Å²) in [7, 11) is -1.76. The third-order valence-corrected chi connectivity index (χ3v) is 2.99. The molecule has 0 saturated carbocycles. The van der Waals surface area contributed by atoms with Crippen molar-refractivity contribution in [3.8, 4) is 0 Å². The molecule has 0 spiro atoms. The number of hydrogen-bond donors (Lipinski definition) is 2. The van der Waals surface area contributed by atoms with Gasteiger partial charge in [-0.25, -0.2) is 0 Å². The summed E-state index contributed by atoms with van der Waals surface area (Å²) in [6, 6.07) is 0. The largest absolute Gasteiger partial charge is 0.394 e. The Hall–Kier alpha value is 0.0300. The summed E-state index contributed by atoms with van der Waals surface area (Å²) in [6.45, 7) is 2.53. The molecule has 92 valence electrons. The van der Waals surface area contributed by atoms with E-state index in [2.05, 4.69) is 4.52 Å². The van der Waals surface area contributed by atoms with Crippen molar-refractivity contribution in [1.29, 1.82) is 0 Å². The Morgan fingerprint density at radius 1 is 1.33 bits per heavy atom. The molecule has 3 atom stereocenters. The normalized spacial score (nSPS) is 19.5. The van der Waals surface area contributed by atoms with Gasteiger partial charge in [-0.3, -0.25) is 4.57 Å². The molecule has 0 aliphatic rings. The molecule has 0 fully saturated rings. The Morgan fingerprint density at radius 2 is 1.93 bits per heavy atom. The van der Waals surface area contributed by atoms with E-state index in [1.807, 2.05) is 0 Å². The molecule has 0 saturated heterocycles. The quantitative estimate of drug-likeness (QED) is 0.593. The van der Waals surface area contributed by atoms with Crippen LogP contribution in [0, 0.1) is 0 Å². The van der Waals surface area contributed by atoms with Gasteiger partial charge in [-0.15, -0.1) is 0 Å². The minimum Gasteiger partial charge on any atom is -0.394 e. The van der Waals surface area contributed by atoms with Gasteiger partial charge in [0.1, 0.15) is 6.10 Å². The number of aliphatic hydroxyl groups excluding tert-OH is 2. The van der Waals surface area contributed by atoms with Gasteiger partial charge in [0.05, 0.1) is 25.9 Å². The minimum absolute atomic E-state index is 0.0392. The van der Waals surface area contributed by atoms with E-state index < -0.39 is 19.8 Å². The highest BCUT2D eigenvalue weighted by molar-refractivity contribution is 7.52. The van der Waals surface area contributed by atoms with Crippen LogP contribution in [-0.2, 0) is 18.3 Å². The standard InChI is InChI=1S/C8H19O6P/c1-7(4-9)14-8(5-10)6-13-15(3,11)12-2/h7-10H,4-6H2,1-3H3. The summed E-state index contributed by atoms with van der Waals surface area (Å²) in [5, 5.41) is 17.6. The first-order valence-electron chi connectivity index (χ1n) is 4.60. The maximum atomic E-state index is 11.3. The van der Waals surface area contributed by atoms with E-state index in [0.29, 0.717) is 0 Å². The first-order chi connectivity index (χ1) is 6.95. The highest BCUT2D eigenvalue weighted by Crippen LogP contribution is 2.42. The molecule has 6 nitrogen and oxygen atoms in total. The first-order valence-corrected chi connectivity index (χ1v) is 6.59. The minimum atomic E-state index is -3.05. The summed E-state index contributed by atoms with van der Waals surface area (Å²) in [5.74, 6) is 0. The number of ether oxygens (including phenoxy) is 1. The molecule has 7 heteroatoms. The fourth-order valence-corrected chi connectivity index (χ4v) is 1.32. The SMILES string of the molecule is COP(C)(=O)OCC(CO)OC(C)CO. The van der Waals surface area contributed by atoms with Crippen LogP contribution >= 0.6 is 7.60 Å². The van der Waals surface area contributed by atoms with Crippen LogP contribution < -0.4 is 0 Å². The molecule has 15 heavy (non-hydrogen) atoms. The summed E-state index contributed by atoms with van der Waals surface area (Å²) in [6.07, 6.45) is -1.01. The molecular weight excluding hydrogens is 223 g/mol. The molecule has 3 unspecified atom stereocenters. The van der Waals surface area contributed by atoms with Gasteiger partial charge in [-0.05, 0) is 6.92 Å². The molecule has 2 N–H and O–H groups in total. The average Bonchev–Trinajstić information content (AvgIpc) is 2.23. The highest BCUT2D eigenvalue weighted by Gasteiger charge is 2.19. The Balaban J connectivity index is 3.95. The van der Waals surface area contributed by atoms with E-state index in [4.69, 9.17) is 19.5 Å². The van der Waals surface area contributed by atoms with E-state index in [1.165, 1.54) is 13.8 Å². The lowest BCUT2D eigenvalue weighted by atomic mass is 10.3. The zero-order chi connectivity index (χ0) is 11.9. The maximum Gasteiger partial charge on any atom is 0.327 e. The van der Waals surface area contributed by atoms with Gasteiger partial charge in [0, 0.05) is 13.8 Å². The van der Waals surface area contributed by atoms with Crippen LogP contribution in [0.25, 0.3) is 0 Å². The second kappa shape index (κ2) is 7.33. The van der Waals surface area contributed by atoms with Crippen LogP contribution in [0.5, 0.6) is 0 Å². The fourth-order valence-electron chi connectivity index (χ4n) is 0.778. The van der Waals surface area contributed by atoms with Gasteiger partial charge in [-0.1, -0.05) is 0 Å². The van der Waals surface area contributed by atoms with Crippen molar-refractivity contribution in [3.05, 3.63) is 0 Å². The second-order valence-electron chi connectivity index (χ2n) is 3.18. The van der Waals surface area contributed by atoms with Gasteiger partial charge in [0.25, 0.3) is 0 Å². The van der Waals surface area contributed by atoms with Crippen LogP contribution in [0.1, 0.15) is 6.92 Å². The molecule has 0 aromatic carbocycles. The number of hydrogen-bond acceptors (Lipinski definition) is 6. The Bertz CT molecular complexity index is 209. The predicted octanol–water partition coefficient (Wildman–Crippen LogP) is 0.231. The van der Waals surface area contributed by atoms with Gasteiger partial charge in [0.2, 0.25) is 0 Å². The van der Waals surface area contributed by atoms with Crippen LogP contribution in [0.2, 0.25) is 0 Å². The van der Waals surface area contributed by atoms with Gasteiger partial charge in [-0.2, -0.15) is 0 Å². The highest BCUT2D eigenvalue weighted by atomic mass is 31.2. The molecular formula is C8H19O6P. The number of rotatable bonds is 8. The van der Waals surface area contributed by atoms with Crippen molar-refractivity contribution in [2.75, 3.05) is 33.6 Å². The van der Waals surface area contributed by atoms with E-state index in [0.717, 1.165) is 0 Å². The van der Waals surface area contributed by atoms with Crippen LogP contribution in [0.4, 0.5) is 0 Å². The molecule has 0 aliphatic carbocycles. The van der Waals surface area contributed by atoms with E-state index in [1.54, 1.807) is 6.92 Å². The van der Waals surface area contributed by atoms with E-state index in [9.17, 15) is 4.57 Å². The van der Waals surface area contributed by atoms with Crippen LogP contribution in [0.15, 0.2) is 0 Å². The van der Waals surface area contributed by atoms with Crippen molar-refractivity contribution in [2.45, 2.75) is 19.1 Å². The lowest BCUT2D eigenvalue weighted by Gasteiger charge is -2.20. The Kier molecular flexibility index (Phi) is 7.34. The predicted molar refractivity (Wildman–Crippen MR) is 55.0 cm³/mol. The second-order valence-corrected chi connectivity index (χ2v) is 5.35.